The van der Waals surface area contributed by atoms with Gasteiger partial charge in [-0.15, -0.1) is 11.3 Å². The summed E-state index contributed by atoms with van der Waals surface area (Å²) in [4.78, 5) is 16.9. The Labute approximate surface area is 167 Å². The lowest BCUT2D eigenvalue weighted by atomic mass is 10.1. The van der Waals surface area contributed by atoms with E-state index in [2.05, 4.69) is 15.6 Å². The van der Waals surface area contributed by atoms with E-state index < -0.39 is 0 Å². The van der Waals surface area contributed by atoms with E-state index >= 15 is 0 Å². The molecule has 0 aliphatic rings. The van der Waals surface area contributed by atoms with Gasteiger partial charge in [0.15, 0.2) is 11.5 Å². The van der Waals surface area contributed by atoms with E-state index in [1.54, 1.807) is 23.5 Å². The van der Waals surface area contributed by atoms with Crippen LogP contribution in [0.1, 0.15) is 5.01 Å². The SMILES string of the molecule is COc1cc(NC(=O)Nc2cccc(-c3csc(C)n3)c2)cc(OC)c1OC. The lowest BCUT2D eigenvalue weighted by molar-refractivity contribution is 0.262. The molecule has 0 aliphatic carbocycles. The van der Waals surface area contributed by atoms with Crippen molar-refractivity contribution >= 4 is 28.7 Å². The zero-order valence-corrected chi connectivity index (χ0v) is 16.8. The molecule has 1 aromatic heterocycles. The fraction of sp³-hybridized carbons (Fsp3) is 0.200. The number of aromatic nitrogens is 1. The van der Waals surface area contributed by atoms with Gasteiger partial charge in [0, 0.05) is 28.8 Å². The molecule has 0 saturated heterocycles. The van der Waals surface area contributed by atoms with Gasteiger partial charge in [0.05, 0.1) is 37.7 Å². The molecule has 7 nitrogen and oxygen atoms in total. The third-order valence-corrected chi connectivity index (χ3v) is 4.73. The van der Waals surface area contributed by atoms with Crippen molar-refractivity contribution < 1.29 is 19.0 Å². The number of rotatable bonds is 6. The van der Waals surface area contributed by atoms with Gasteiger partial charge in [-0.2, -0.15) is 0 Å². The fourth-order valence-electron chi connectivity index (χ4n) is 2.70. The third kappa shape index (κ3) is 4.34. The van der Waals surface area contributed by atoms with E-state index in [1.807, 2.05) is 36.6 Å². The highest BCUT2D eigenvalue weighted by atomic mass is 32.1. The predicted octanol–water partition coefficient (Wildman–Crippen LogP) is 4.79. The second kappa shape index (κ2) is 8.62. The molecule has 8 heteroatoms. The van der Waals surface area contributed by atoms with Crippen LogP contribution in [-0.4, -0.2) is 32.3 Å². The van der Waals surface area contributed by atoms with Crippen LogP contribution in [0.25, 0.3) is 11.3 Å². The van der Waals surface area contributed by atoms with Crippen LogP contribution in [0.3, 0.4) is 0 Å². The number of nitrogens with one attached hydrogen (secondary N) is 2. The van der Waals surface area contributed by atoms with Crippen LogP contribution in [0.2, 0.25) is 0 Å². The monoisotopic (exact) mass is 399 g/mol. The number of aryl methyl sites for hydroxylation is 1. The average molecular weight is 399 g/mol. The Balaban J connectivity index is 1.76. The van der Waals surface area contributed by atoms with Crippen LogP contribution in [0.4, 0.5) is 16.2 Å². The molecule has 2 amide bonds. The minimum absolute atomic E-state index is 0.388. The van der Waals surface area contributed by atoms with E-state index in [-0.39, 0.29) is 6.03 Å². The summed E-state index contributed by atoms with van der Waals surface area (Å²) in [5, 5.41) is 8.58. The Bertz CT molecular complexity index is 962. The first-order valence-corrected chi connectivity index (χ1v) is 9.32. The molecule has 3 aromatic rings. The summed E-state index contributed by atoms with van der Waals surface area (Å²) in [5.74, 6) is 1.37. The fourth-order valence-corrected chi connectivity index (χ4v) is 3.32. The van der Waals surface area contributed by atoms with Crippen LogP contribution >= 0.6 is 11.3 Å². The van der Waals surface area contributed by atoms with Gasteiger partial charge in [-0.1, -0.05) is 12.1 Å². The van der Waals surface area contributed by atoms with Crippen molar-refractivity contribution in [3.8, 4) is 28.5 Å². The molecule has 0 saturated carbocycles. The standard InChI is InChI=1S/C20H21N3O4S/c1-12-21-16(11-28-12)13-6-5-7-14(8-13)22-20(24)23-15-9-17(25-2)19(27-4)18(10-15)26-3/h5-11H,1-4H3,(H2,22,23,24). The van der Waals surface area contributed by atoms with Gasteiger partial charge in [-0.3, -0.25) is 0 Å². The second-order valence-electron chi connectivity index (χ2n) is 5.83. The van der Waals surface area contributed by atoms with E-state index in [0.717, 1.165) is 16.3 Å². The van der Waals surface area contributed by atoms with Gasteiger partial charge in [0.25, 0.3) is 0 Å². The maximum absolute atomic E-state index is 12.4. The summed E-state index contributed by atoms with van der Waals surface area (Å²) in [6.07, 6.45) is 0. The normalized spacial score (nSPS) is 10.3. The molecule has 1 heterocycles. The zero-order chi connectivity index (χ0) is 20.1. The van der Waals surface area contributed by atoms with Crippen LogP contribution in [0, 0.1) is 6.92 Å². The molecule has 0 radical (unpaired) electrons. The van der Waals surface area contributed by atoms with E-state index in [4.69, 9.17) is 14.2 Å². The molecule has 2 aromatic carbocycles. The number of anilines is 2. The maximum atomic E-state index is 12.4. The average Bonchev–Trinajstić information content (AvgIpc) is 3.13. The highest BCUT2D eigenvalue weighted by molar-refractivity contribution is 7.09. The minimum Gasteiger partial charge on any atom is -0.493 e. The smallest absolute Gasteiger partial charge is 0.323 e. The van der Waals surface area contributed by atoms with Gasteiger partial charge < -0.3 is 24.8 Å². The van der Waals surface area contributed by atoms with Crippen molar-refractivity contribution in [1.82, 2.24) is 4.98 Å². The molecule has 3 rings (SSSR count). The number of urea groups is 1. The van der Waals surface area contributed by atoms with Gasteiger partial charge in [-0.05, 0) is 19.1 Å². The lowest BCUT2D eigenvalue weighted by Crippen LogP contribution is -2.19. The molecule has 0 unspecified atom stereocenters. The Morgan fingerprint density at radius 3 is 2.21 bits per heavy atom. The first kappa shape index (κ1) is 19.5. The number of hydrogen-bond donors (Lipinski definition) is 2. The van der Waals surface area contributed by atoms with Crippen molar-refractivity contribution in [2.75, 3.05) is 32.0 Å². The first-order chi connectivity index (χ1) is 13.5. The Morgan fingerprint density at radius 2 is 1.64 bits per heavy atom. The number of carbonyl (C=O) groups is 1. The summed E-state index contributed by atoms with van der Waals surface area (Å²) < 4.78 is 15.9. The Kier molecular flexibility index (Phi) is 6.00. The molecular formula is C20H21N3O4S. The second-order valence-corrected chi connectivity index (χ2v) is 6.89. The highest BCUT2D eigenvalue weighted by Crippen LogP contribution is 2.40. The van der Waals surface area contributed by atoms with Gasteiger partial charge >= 0.3 is 6.03 Å². The van der Waals surface area contributed by atoms with Crippen molar-refractivity contribution in [1.29, 1.82) is 0 Å². The summed E-state index contributed by atoms with van der Waals surface area (Å²) in [6.45, 7) is 1.96. The Hall–Kier alpha value is -3.26. The van der Waals surface area contributed by atoms with E-state index in [0.29, 0.717) is 28.6 Å². The summed E-state index contributed by atoms with van der Waals surface area (Å²) >= 11 is 1.59. The molecule has 2 N–H and O–H groups in total. The molecule has 146 valence electrons. The third-order valence-electron chi connectivity index (χ3n) is 3.96. The summed E-state index contributed by atoms with van der Waals surface area (Å²) in [6, 6.07) is 10.5. The van der Waals surface area contributed by atoms with Crippen LogP contribution < -0.4 is 24.8 Å². The zero-order valence-electron chi connectivity index (χ0n) is 16.0. The number of amides is 2. The highest BCUT2D eigenvalue weighted by Gasteiger charge is 2.14. The minimum atomic E-state index is -0.388. The molecule has 0 aliphatic heterocycles. The van der Waals surface area contributed by atoms with Crippen molar-refractivity contribution in [2.24, 2.45) is 0 Å². The van der Waals surface area contributed by atoms with Gasteiger partial charge in [-0.25, -0.2) is 9.78 Å². The van der Waals surface area contributed by atoms with Crippen LogP contribution in [0.5, 0.6) is 17.2 Å². The first-order valence-electron chi connectivity index (χ1n) is 8.44. The number of nitrogens with zero attached hydrogens (tertiary/aromatic N) is 1. The Morgan fingerprint density at radius 1 is 0.964 bits per heavy atom. The van der Waals surface area contributed by atoms with Gasteiger partial charge in [0.1, 0.15) is 0 Å². The number of hydrogen-bond acceptors (Lipinski definition) is 6. The molecular weight excluding hydrogens is 378 g/mol. The van der Waals surface area contributed by atoms with Crippen molar-refractivity contribution in [3.05, 3.63) is 46.8 Å². The molecule has 0 fully saturated rings. The largest absolute Gasteiger partial charge is 0.493 e. The van der Waals surface area contributed by atoms with Crippen molar-refractivity contribution in [3.63, 3.8) is 0 Å². The van der Waals surface area contributed by atoms with Crippen LogP contribution in [-0.2, 0) is 0 Å². The molecule has 0 bridgehead atoms. The number of methoxy groups -OCH3 is 3. The number of thiazole rings is 1. The molecule has 0 atom stereocenters. The lowest BCUT2D eigenvalue weighted by Gasteiger charge is -2.15. The van der Waals surface area contributed by atoms with Crippen molar-refractivity contribution in [2.45, 2.75) is 6.92 Å². The number of carbonyl (C=O) groups excluding carboxylic acids is 1. The molecule has 0 spiro atoms. The quantitative estimate of drug-likeness (QED) is 0.623. The van der Waals surface area contributed by atoms with Gasteiger partial charge in [0.2, 0.25) is 5.75 Å². The maximum Gasteiger partial charge on any atom is 0.323 e. The number of benzene rings is 2. The predicted molar refractivity (Wildman–Crippen MR) is 111 cm³/mol. The number of ether oxygens (including phenoxy) is 3. The van der Waals surface area contributed by atoms with E-state index in [9.17, 15) is 4.79 Å². The van der Waals surface area contributed by atoms with Crippen LogP contribution in [0.15, 0.2) is 41.8 Å². The molecule has 28 heavy (non-hydrogen) atoms. The van der Waals surface area contributed by atoms with E-state index in [1.165, 1.54) is 21.3 Å². The topological polar surface area (TPSA) is 81.7 Å². The summed E-state index contributed by atoms with van der Waals surface area (Å²) in [7, 11) is 4.57. The summed E-state index contributed by atoms with van der Waals surface area (Å²) in [5.41, 5.74) is 3.00.